The molecule has 0 aromatic heterocycles. The molecule has 0 saturated carbocycles. The van der Waals surface area contributed by atoms with E-state index in [1.54, 1.807) is 6.92 Å². The molecule has 0 spiro atoms. The van der Waals surface area contributed by atoms with E-state index in [0.717, 1.165) is 3.57 Å². The molecule has 0 heterocycles. The summed E-state index contributed by atoms with van der Waals surface area (Å²) >= 11 is 8.22. The zero-order valence-corrected chi connectivity index (χ0v) is 12.5. The second-order valence-electron chi connectivity index (χ2n) is 4.20. The van der Waals surface area contributed by atoms with Crippen LogP contribution in [0.3, 0.4) is 0 Å². The van der Waals surface area contributed by atoms with E-state index in [0.29, 0.717) is 16.1 Å². The molecule has 0 bridgehead atoms. The van der Waals surface area contributed by atoms with Gasteiger partial charge in [0, 0.05) is 14.2 Å². The van der Waals surface area contributed by atoms with Crippen LogP contribution in [0.25, 0.3) is 0 Å². The minimum absolute atomic E-state index is 0.347. The Bertz CT molecular complexity index is 567. The fourth-order valence-electron chi connectivity index (χ4n) is 1.80. The van der Waals surface area contributed by atoms with Gasteiger partial charge < -0.3 is 5.11 Å². The molecular formula is C14H11ClFIO. The third-order valence-electron chi connectivity index (χ3n) is 2.86. The van der Waals surface area contributed by atoms with Crippen molar-refractivity contribution in [2.75, 3.05) is 0 Å². The van der Waals surface area contributed by atoms with Gasteiger partial charge in [0.2, 0.25) is 0 Å². The Labute approximate surface area is 124 Å². The molecule has 2 rings (SSSR count). The number of aliphatic hydroxyl groups is 1. The summed E-state index contributed by atoms with van der Waals surface area (Å²) in [5.41, 5.74) is -0.274. The van der Waals surface area contributed by atoms with Crippen molar-refractivity contribution in [1.29, 1.82) is 0 Å². The van der Waals surface area contributed by atoms with Crippen molar-refractivity contribution in [3.8, 4) is 0 Å². The number of rotatable bonds is 2. The van der Waals surface area contributed by atoms with Gasteiger partial charge in [-0.05, 0) is 65.4 Å². The molecule has 0 aliphatic rings. The lowest BCUT2D eigenvalue weighted by molar-refractivity contribution is 0.102. The van der Waals surface area contributed by atoms with E-state index in [2.05, 4.69) is 22.6 Å². The van der Waals surface area contributed by atoms with Gasteiger partial charge in [-0.25, -0.2) is 4.39 Å². The lowest BCUT2D eigenvalue weighted by Crippen LogP contribution is -2.23. The highest BCUT2D eigenvalue weighted by Gasteiger charge is 2.28. The van der Waals surface area contributed by atoms with Crippen LogP contribution >= 0.6 is 34.2 Å². The molecule has 2 aromatic rings. The van der Waals surface area contributed by atoms with Crippen molar-refractivity contribution < 1.29 is 9.50 Å². The normalized spacial score (nSPS) is 14.3. The Morgan fingerprint density at radius 2 is 1.78 bits per heavy atom. The average Bonchev–Trinajstić information content (AvgIpc) is 2.32. The maximum Gasteiger partial charge on any atom is 0.123 e. The van der Waals surface area contributed by atoms with E-state index in [1.807, 2.05) is 24.3 Å². The standard InChI is InChI=1S/C14H11ClFIO/c1-14(18,9-2-5-11(17)6-3-9)12-8-10(16)4-7-13(12)15/h2-8,18H,1H3. The van der Waals surface area contributed by atoms with Crippen LogP contribution in [0.4, 0.5) is 4.39 Å². The van der Waals surface area contributed by atoms with Crippen LogP contribution in [0.15, 0.2) is 42.5 Å². The van der Waals surface area contributed by atoms with Crippen LogP contribution < -0.4 is 0 Å². The zero-order valence-electron chi connectivity index (χ0n) is 9.62. The fraction of sp³-hybridized carbons (Fsp3) is 0.143. The minimum Gasteiger partial charge on any atom is -0.381 e. The zero-order chi connectivity index (χ0) is 13.3. The van der Waals surface area contributed by atoms with Gasteiger partial charge in [0.25, 0.3) is 0 Å². The van der Waals surface area contributed by atoms with Crippen LogP contribution in [0.1, 0.15) is 18.1 Å². The Morgan fingerprint density at radius 1 is 1.17 bits per heavy atom. The summed E-state index contributed by atoms with van der Waals surface area (Å²) in [5.74, 6) is -0.416. The van der Waals surface area contributed by atoms with Crippen molar-refractivity contribution in [2.45, 2.75) is 12.5 Å². The van der Waals surface area contributed by atoms with E-state index >= 15 is 0 Å². The van der Waals surface area contributed by atoms with Crippen molar-refractivity contribution in [3.63, 3.8) is 0 Å². The van der Waals surface area contributed by atoms with Crippen molar-refractivity contribution in [3.05, 3.63) is 68.0 Å². The third kappa shape index (κ3) is 2.68. The first-order chi connectivity index (χ1) is 8.41. The highest BCUT2D eigenvalue weighted by atomic mass is 127. The molecule has 0 saturated heterocycles. The van der Waals surface area contributed by atoms with Gasteiger partial charge in [-0.2, -0.15) is 0 Å². The first-order valence-corrected chi connectivity index (χ1v) is 6.81. The van der Waals surface area contributed by atoms with E-state index in [4.69, 9.17) is 11.6 Å². The van der Waals surface area contributed by atoms with Gasteiger partial charge in [0.1, 0.15) is 11.4 Å². The monoisotopic (exact) mass is 376 g/mol. The molecule has 1 N–H and O–H groups in total. The molecule has 1 atom stereocenters. The van der Waals surface area contributed by atoms with E-state index in [1.165, 1.54) is 18.2 Å². The van der Waals surface area contributed by atoms with Gasteiger partial charge in [0.05, 0.1) is 0 Å². The quantitative estimate of drug-likeness (QED) is 0.773. The Balaban J connectivity index is 2.53. The van der Waals surface area contributed by atoms with E-state index in [9.17, 15) is 9.50 Å². The fourth-order valence-corrected chi connectivity index (χ4v) is 2.46. The molecule has 0 aliphatic carbocycles. The van der Waals surface area contributed by atoms with Crippen molar-refractivity contribution in [2.24, 2.45) is 0 Å². The molecule has 0 radical (unpaired) electrons. The van der Waals surface area contributed by atoms with Gasteiger partial charge in [-0.1, -0.05) is 23.7 Å². The Kier molecular flexibility index (Phi) is 3.94. The van der Waals surface area contributed by atoms with E-state index < -0.39 is 11.4 Å². The number of hydrogen-bond donors (Lipinski definition) is 1. The van der Waals surface area contributed by atoms with E-state index in [-0.39, 0.29) is 0 Å². The average molecular weight is 377 g/mol. The first kappa shape index (κ1) is 13.8. The lowest BCUT2D eigenvalue weighted by Gasteiger charge is -2.25. The summed E-state index contributed by atoms with van der Waals surface area (Å²) < 4.78 is 14.4. The molecule has 0 fully saturated rings. The van der Waals surface area contributed by atoms with Crippen LogP contribution in [-0.4, -0.2) is 5.11 Å². The smallest absolute Gasteiger partial charge is 0.123 e. The lowest BCUT2D eigenvalue weighted by atomic mass is 9.88. The van der Waals surface area contributed by atoms with Crippen LogP contribution in [-0.2, 0) is 5.60 Å². The Hall–Kier alpha value is -0.650. The molecular weight excluding hydrogens is 366 g/mol. The number of benzene rings is 2. The number of hydrogen-bond acceptors (Lipinski definition) is 1. The summed E-state index contributed by atoms with van der Waals surface area (Å²) in [6, 6.07) is 11.4. The maximum absolute atomic E-state index is 13.3. The predicted octanol–water partition coefficient (Wildman–Crippen LogP) is 4.34. The SMILES string of the molecule is CC(O)(c1ccc(I)cc1)c1cc(F)ccc1Cl. The van der Waals surface area contributed by atoms with Gasteiger partial charge in [-0.3, -0.25) is 0 Å². The highest BCUT2D eigenvalue weighted by molar-refractivity contribution is 14.1. The molecule has 1 nitrogen and oxygen atoms in total. The molecule has 0 aliphatic heterocycles. The van der Waals surface area contributed by atoms with Crippen molar-refractivity contribution >= 4 is 34.2 Å². The summed E-state index contributed by atoms with van der Waals surface area (Å²) in [4.78, 5) is 0. The molecule has 1 unspecified atom stereocenters. The van der Waals surface area contributed by atoms with Gasteiger partial charge in [-0.15, -0.1) is 0 Å². The largest absolute Gasteiger partial charge is 0.381 e. The van der Waals surface area contributed by atoms with Crippen molar-refractivity contribution in [1.82, 2.24) is 0 Å². The minimum atomic E-state index is -1.32. The Morgan fingerprint density at radius 3 is 2.39 bits per heavy atom. The summed E-state index contributed by atoms with van der Waals surface area (Å²) in [6.45, 7) is 1.61. The molecule has 4 heteroatoms. The second kappa shape index (κ2) is 5.15. The molecule has 94 valence electrons. The first-order valence-electron chi connectivity index (χ1n) is 5.35. The van der Waals surface area contributed by atoms with Crippen LogP contribution in [0.2, 0.25) is 5.02 Å². The second-order valence-corrected chi connectivity index (χ2v) is 5.86. The molecule has 18 heavy (non-hydrogen) atoms. The molecule has 2 aromatic carbocycles. The highest BCUT2D eigenvalue weighted by Crippen LogP contribution is 2.34. The van der Waals surface area contributed by atoms with Gasteiger partial charge >= 0.3 is 0 Å². The maximum atomic E-state index is 13.3. The topological polar surface area (TPSA) is 20.2 Å². The van der Waals surface area contributed by atoms with Crippen LogP contribution in [0.5, 0.6) is 0 Å². The summed E-state index contributed by atoms with van der Waals surface area (Å²) in [6.07, 6.45) is 0. The summed E-state index contributed by atoms with van der Waals surface area (Å²) in [7, 11) is 0. The molecule has 0 amide bonds. The third-order valence-corrected chi connectivity index (χ3v) is 3.91. The summed E-state index contributed by atoms with van der Waals surface area (Å²) in [5, 5.41) is 10.9. The number of halogens is 3. The van der Waals surface area contributed by atoms with Crippen LogP contribution in [0, 0.1) is 9.39 Å². The predicted molar refractivity (Wildman–Crippen MR) is 79.2 cm³/mol. The van der Waals surface area contributed by atoms with Gasteiger partial charge in [0.15, 0.2) is 0 Å².